The second-order valence-electron chi connectivity index (χ2n) is 3.32. The fourth-order valence-electron chi connectivity index (χ4n) is 1.53. The Bertz CT molecular complexity index is 563. The third-order valence-electron chi connectivity index (χ3n) is 2.32. The molecule has 0 saturated heterocycles. The first-order valence-electron chi connectivity index (χ1n) is 4.78. The molecule has 0 fully saturated rings. The predicted octanol–water partition coefficient (Wildman–Crippen LogP) is 3.88. The van der Waals surface area contributed by atoms with Gasteiger partial charge in [-0.2, -0.15) is 0 Å². The van der Waals surface area contributed by atoms with E-state index in [1.165, 1.54) is 11.3 Å². The monoisotopic (exact) mass is 312 g/mol. The van der Waals surface area contributed by atoms with Gasteiger partial charge in [-0.15, -0.1) is 11.3 Å². The van der Waals surface area contributed by atoms with Crippen molar-refractivity contribution in [2.75, 3.05) is 7.11 Å². The molecule has 2 aromatic rings. The highest BCUT2D eigenvalue weighted by atomic mass is 79.9. The van der Waals surface area contributed by atoms with Crippen molar-refractivity contribution in [2.45, 2.75) is 0 Å². The molecule has 2 rings (SSSR count). The quantitative estimate of drug-likeness (QED) is 0.935. The van der Waals surface area contributed by atoms with E-state index in [4.69, 9.17) is 9.84 Å². The van der Waals surface area contributed by atoms with E-state index >= 15 is 0 Å². The number of methoxy groups -OCH3 is 1. The van der Waals surface area contributed by atoms with Gasteiger partial charge in [-0.3, -0.25) is 0 Å². The summed E-state index contributed by atoms with van der Waals surface area (Å²) in [5.74, 6) is -0.220. The molecule has 0 aliphatic rings. The van der Waals surface area contributed by atoms with Crippen molar-refractivity contribution < 1.29 is 14.6 Å². The van der Waals surface area contributed by atoms with E-state index in [0.717, 1.165) is 10.0 Å². The average Bonchev–Trinajstić information content (AvgIpc) is 2.78. The van der Waals surface area contributed by atoms with Crippen LogP contribution in [0.25, 0.3) is 11.1 Å². The number of halogens is 1. The van der Waals surface area contributed by atoms with E-state index in [2.05, 4.69) is 15.9 Å². The highest BCUT2D eigenvalue weighted by Crippen LogP contribution is 2.34. The largest absolute Gasteiger partial charge is 0.496 e. The third-order valence-corrected chi connectivity index (χ3v) is 3.88. The lowest BCUT2D eigenvalue weighted by Crippen LogP contribution is -1.94. The molecule has 5 heteroatoms. The fraction of sp³-hybridized carbons (Fsp3) is 0.0833. The van der Waals surface area contributed by atoms with Gasteiger partial charge in [0.05, 0.1) is 11.6 Å². The molecule has 0 bridgehead atoms. The molecule has 3 nitrogen and oxygen atoms in total. The molecular weight excluding hydrogens is 304 g/mol. The van der Waals surface area contributed by atoms with Crippen LogP contribution in [0.4, 0.5) is 0 Å². The average molecular weight is 313 g/mol. The first-order chi connectivity index (χ1) is 8.13. The van der Waals surface area contributed by atoms with Crippen LogP contribution in [0, 0.1) is 0 Å². The molecule has 1 heterocycles. The molecule has 0 unspecified atom stereocenters. The summed E-state index contributed by atoms with van der Waals surface area (Å²) in [5, 5.41) is 10.8. The SMILES string of the molecule is COc1cc(-c2ccsc2C(=O)O)ccc1Br. The van der Waals surface area contributed by atoms with Crippen molar-refractivity contribution in [3.05, 3.63) is 39.0 Å². The van der Waals surface area contributed by atoms with Crippen molar-refractivity contribution in [1.29, 1.82) is 0 Å². The maximum Gasteiger partial charge on any atom is 0.346 e. The first-order valence-corrected chi connectivity index (χ1v) is 6.45. The number of aromatic carboxylic acids is 1. The van der Waals surface area contributed by atoms with Crippen LogP contribution < -0.4 is 4.74 Å². The van der Waals surface area contributed by atoms with Crippen LogP contribution in [0.15, 0.2) is 34.1 Å². The number of hydrogen-bond donors (Lipinski definition) is 1. The van der Waals surface area contributed by atoms with Crippen LogP contribution in [-0.2, 0) is 0 Å². The van der Waals surface area contributed by atoms with Gasteiger partial charge in [0.1, 0.15) is 10.6 Å². The Hall–Kier alpha value is -1.33. The van der Waals surface area contributed by atoms with Gasteiger partial charge in [0.15, 0.2) is 0 Å². The summed E-state index contributed by atoms with van der Waals surface area (Å²) in [4.78, 5) is 11.4. The molecular formula is C12H9BrO3S. The van der Waals surface area contributed by atoms with E-state index < -0.39 is 5.97 Å². The van der Waals surface area contributed by atoms with Gasteiger partial charge >= 0.3 is 5.97 Å². The number of rotatable bonds is 3. The summed E-state index contributed by atoms with van der Waals surface area (Å²) >= 11 is 4.58. The van der Waals surface area contributed by atoms with Crippen LogP contribution in [0.3, 0.4) is 0 Å². The summed E-state index contributed by atoms with van der Waals surface area (Å²) in [5.41, 5.74) is 1.55. The van der Waals surface area contributed by atoms with E-state index in [0.29, 0.717) is 16.2 Å². The Morgan fingerprint density at radius 2 is 2.18 bits per heavy atom. The second-order valence-corrected chi connectivity index (χ2v) is 5.09. The van der Waals surface area contributed by atoms with Crippen LogP contribution in [0.1, 0.15) is 9.67 Å². The molecule has 1 aromatic carbocycles. The molecule has 0 radical (unpaired) electrons. The summed E-state index contributed by atoms with van der Waals surface area (Å²) in [6.07, 6.45) is 0. The minimum atomic E-state index is -0.906. The van der Waals surface area contributed by atoms with E-state index in [1.54, 1.807) is 18.6 Å². The van der Waals surface area contributed by atoms with Gasteiger partial charge < -0.3 is 9.84 Å². The highest BCUT2D eigenvalue weighted by molar-refractivity contribution is 9.10. The van der Waals surface area contributed by atoms with Gasteiger partial charge in [0.2, 0.25) is 0 Å². The lowest BCUT2D eigenvalue weighted by atomic mass is 10.1. The maximum atomic E-state index is 11.0. The highest BCUT2D eigenvalue weighted by Gasteiger charge is 2.14. The molecule has 0 saturated carbocycles. The molecule has 1 N–H and O–H groups in total. The number of carbonyl (C=O) groups is 1. The molecule has 0 spiro atoms. The zero-order valence-electron chi connectivity index (χ0n) is 8.94. The fourth-order valence-corrected chi connectivity index (χ4v) is 2.69. The number of hydrogen-bond acceptors (Lipinski definition) is 3. The minimum Gasteiger partial charge on any atom is -0.496 e. The van der Waals surface area contributed by atoms with E-state index in [1.807, 2.05) is 18.2 Å². The Kier molecular flexibility index (Phi) is 3.49. The standard InChI is InChI=1S/C12H9BrO3S/c1-16-10-6-7(2-3-9(10)13)8-4-5-17-11(8)12(14)15/h2-6H,1H3,(H,14,15). The molecule has 1 aromatic heterocycles. The van der Waals surface area contributed by atoms with Gasteiger partial charge in [-0.1, -0.05) is 6.07 Å². The normalized spacial score (nSPS) is 10.2. The minimum absolute atomic E-state index is 0.342. The molecule has 0 aliphatic heterocycles. The second kappa shape index (κ2) is 4.89. The van der Waals surface area contributed by atoms with Crippen LogP contribution in [0.5, 0.6) is 5.75 Å². The van der Waals surface area contributed by atoms with Gasteiger partial charge in [0.25, 0.3) is 0 Å². The van der Waals surface area contributed by atoms with Crippen LogP contribution in [0.2, 0.25) is 0 Å². The van der Waals surface area contributed by atoms with Crippen molar-refractivity contribution in [3.63, 3.8) is 0 Å². The Morgan fingerprint density at radius 1 is 1.41 bits per heavy atom. The maximum absolute atomic E-state index is 11.0. The molecule has 17 heavy (non-hydrogen) atoms. The summed E-state index contributed by atoms with van der Waals surface area (Å²) in [6, 6.07) is 7.33. The summed E-state index contributed by atoms with van der Waals surface area (Å²) < 4.78 is 6.04. The smallest absolute Gasteiger partial charge is 0.346 e. The Balaban J connectivity index is 2.53. The number of carboxylic acid groups (broad SMARTS) is 1. The summed E-state index contributed by atoms with van der Waals surface area (Å²) in [6.45, 7) is 0. The molecule has 88 valence electrons. The number of ether oxygens (including phenoxy) is 1. The molecule has 0 amide bonds. The summed E-state index contributed by atoms with van der Waals surface area (Å²) in [7, 11) is 1.58. The van der Waals surface area contributed by atoms with Gasteiger partial charge in [-0.05, 0) is 45.1 Å². The van der Waals surface area contributed by atoms with Crippen molar-refractivity contribution in [1.82, 2.24) is 0 Å². The lowest BCUT2D eigenvalue weighted by molar-refractivity contribution is 0.0703. The Morgan fingerprint density at radius 3 is 2.82 bits per heavy atom. The van der Waals surface area contributed by atoms with Crippen LogP contribution >= 0.6 is 27.3 Å². The van der Waals surface area contributed by atoms with Crippen molar-refractivity contribution >= 4 is 33.2 Å². The first kappa shape index (κ1) is 12.1. The number of thiophene rings is 1. The molecule has 0 aliphatic carbocycles. The molecule has 0 atom stereocenters. The van der Waals surface area contributed by atoms with E-state index in [-0.39, 0.29) is 0 Å². The van der Waals surface area contributed by atoms with Gasteiger partial charge in [0, 0.05) is 5.56 Å². The third kappa shape index (κ3) is 2.35. The topological polar surface area (TPSA) is 46.5 Å². The van der Waals surface area contributed by atoms with Crippen molar-refractivity contribution in [3.8, 4) is 16.9 Å². The van der Waals surface area contributed by atoms with E-state index in [9.17, 15) is 4.79 Å². The lowest BCUT2D eigenvalue weighted by Gasteiger charge is -2.06. The zero-order valence-corrected chi connectivity index (χ0v) is 11.3. The Labute approximate surface area is 111 Å². The van der Waals surface area contributed by atoms with Crippen molar-refractivity contribution in [2.24, 2.45) is 0 Å². The number of carboxylic acids is 1. The van der Waals surface area contributed by atoms with Crippen LogP contribution in [-0.4, -0.2) is 18.2 Å². The number of benzene rings is 1. The zero-order chi connectivity index (χ0) is 12.4. The van der Waals surface area contributed by atoms with Gasteiger partial charge in [-0.25, -0.2) is 4.79 Å². The predicted molar refractivity (Wildman–Crippen MR) is 71.0 cm³/mol.